The minimum Gasteiger partial charge on any atom is -0.494 e. The number of aliphatic imine (C=N–C) groups is 1. The standard InChI is InChI=1S/C15H10BrClN2O/c16-9-5-6-13-10(7-9)11(15(20)19-13)8-18-14-4-2-1-3-12(14)17/h1-8,19-20H. The molecule has 3 nitrogen and oxygen atoms in total. The van der Waals surface area contributed by atoms with E-state index in [4.69, 9.17) is 11.6 Å². The van der Waals surface area contributed by atoms with Gasteiger partial charge in [0.2, 0.25) is 0 Å². The van der Waals surface area contributed by atoms with Crippen LogP contribution >= 0.6 is 27.5 Å². The van der Waals surface area contributed by atoms with Crippen LogP contribution in [0.15, 0.2) is 51.9 Å². The van der Waals surface area contributed by atoms with E-state index >= 15 is 0 Å². The van der Waals surface area contributed by atoms with Crippen LogP contribution in [0.4, 0.5) is 5.69 Å². The number of benzene rings is 2. The van der Waals surface area contributed by atoms with E-state index in [2.05, 4.69) is 25.9 Å². The zero-order valence-electron chi connectivity index (χ0n) is 10.3. The molecule has 0 bridgehead atoms. The van der Waals surface area contributed by atoms with E-state index in [0.717, 1.165) is 15.4 Å². The number of rotatable bonds is 2. The third kappa shape index (κ3) is 2.44. The minimum absolute atomic E-state index is 0.0916. The molecule has 0 aliphatic heterocycles. The maximum Gasteiger partial charge on any atom is 0.198 e. The fraction of sp³-hybridized carbons (Fsp3) is 0. The lowest BCUT2D eigenvalue weighted by Gasteiger charge is -1.97. The van der Waals surface area contributed by atoms with Crippen LogP contribution in [-0.2, 0) is 0 Å². The average Bonchev–Trinajstić information content (AvgIpc) is 2.73. The van der Waals surface area contributed by atoms with Gasteiger partial charge in [0.1, 0.15) is 0 Å². The number of hydrogen-bond acceptors (Lipinski definition) is 2. The van der Waals surface area contributed by atoms with Crippen molar-refractivity contribution in [3.8, 4) is 5.88 Å². The Balaban J connectivity index is 2.09. The number of fused-ring (bicyclic) bond motifs is 1. The molecule has 3 rings (SSSR count). The quantitative estimate of drug-likeness (QED) is 0.626. The lowest BCUT2D eigenvalue weighted by molar-refractivity contribution is 0.457. The van der Waals surface area contributed by atoms with Gasteiger partial charge in [0.05, 0.1) is 16.3 Å². The fourth-order valence-electron chi connectivity index (χ4n) is 1.99. The molecule has 0 unspecified atom stereocenters. The summed E-state index contributed by atoms with van der Waals surface area (Å²) in [5, 5.41) is 11.4. The minimum atomic E-state index is 0.0916. The predicted molar refractivity (Wildman–Crippen MR) is 86.4 cm³/mol. The summed E-state index contributed by atoms with van der Waals surface area (Å²) in [7, 11) is 0. The van der Waals surface area contributed by atoms with Gasteiger partial charge in [0, 0.05) is 21.6 Å². The lowest BCUT2D eigenvalue weighted by Crippen LogP contribution is -1.79. The van der Waals surface area contributed by atoms with Crippen LogP contribution in [0.25, 0.3) is 10.9 Å². The number of aromatic amines is 1. The van der Waals surface area contributed by atoms with Gasteiger partial charge in [-0.05, 0) is 30.3 Å². The largest absolute Gasteiger partial charge is 0.494 e. The molecule has 1 heterocycles. The van der Waals surface area contributed by atoms with Crippen molar-refractivity contribution in [2.45, 2.75) is 0 Å². The average molecular weight is 350 g/mol. The third-order valence-electron chi connectivity index (χ3n) is 2.97. The van der Waals surface area contributed by atoms with Crippen molar-refractivity contribution in [3.05, 3.63) is 57.5 Å². The van der Waals surface area contributed by atoms with Gasteiger partial charge in [-0.15, -0.1) is 0 Å². The van der Waals surface area contributed by atoms with Crippen molar-refractivity contribution in [3.63, 3.8) is 0 Å². The normalized spacial score (nSPS) is 11.5. The molecule has 100 valence electrons. The van der Waals surface area contributed by atoms with Crippen molar-refractivity contribution < 1.29 is 5.11 Å². The van der Waals surface area contributed by atoms with Crippen LogP contribution < -0.4 is 0 Å². The van der Waals surface area contributed by atoms with Gasteiger partial charge < -0.3 is 10.1 Å². The Labute approximate surface area is 129 Å². The van der Waals surface area contributed by atoms with Crippen LogP contribution in [0, 0.1) is 0 Å². The summed E-state index contributed by atoms with van der Waals surface area (Å²) in [6.07, 6.45) is 1.61. The van der Waals surface area contributed by atoms with E-state index in [1.165, 1.54) is 0 Å². The Morgan fingerprint density at radius 1 is 1.20 bits per heavy atom. The van der Waals surface area contributed by atoms with Crippen LogP contribution in [0.2, 0.25) is 5.02 Å². The molecule has 5 heteroatoms. The van der Waals surface area contributed by atoms with E-state index in [0.29, 0.717) is 16.3 Å². The Morgan fingerprint density at radius 3 is 2.80 bits per heavy atom. The predicted octanol–water partition coefficient (Wildman–Crippen LogP) is 5.04. The molecule has 2 N–H and O–H groups in total. The molecule has 0 atom stereocenters. The molecule has 0 radical (unpaired) electrons. The van der Waals surface area contributed by atoms with Crippen molar-refractivity contribution in [2.24, 2.45) is 4.99 Å². The summed E-state index contributed by atoms with van der Waals surface area (Å²) in [5.74, 6) is 0.0916. The van der Waals surface area contributed by atoms with E-state index in [1.807, 2.05) is 36.4 Å². The van der Waals surface area contributed by atoms with Crippen LogP contribution in [-0.4, -0.2) is 16.3 Å². The third-order valence-corrected chi connectivity index (χ3v) is 3.78. The second-order valence-corrected chi connectivity index (χ2v) is 5.61. The summed E-state index contributed by atoms with van der Waals surface area (Å²) >= 11 is 9.48. The summed E-state index contributed by atoms with van der Waals surface area (Å²) < 4.78 is 0.941. The Hall–Kier alpha value is -1.78. The summed E-state index contributed by atoms with van der Waals surface area (Å²) in [6.45, 7) is 0. The molecule has 2 aromatic carbocycles. The number of hydrogen-bond donors (Lipinski definition) is 2. The maximum atomic E-state index is 9.98. The molecular weight excluding hydrogens is 340 g/mol. The zero-order valence-corrected chi connectivity index (χ0v) is 12.6. The molecule has 3 aromatic rings. The van der Waals surface area contributed by atoms with Crippen LogP contribution in [0.1, 0.15) is 5.56 Å². The topological polar surface area (TPSA) is 48.4 Å². The Morgan fingerprint density at radius 2 is 2.00 bits per heavy atom. The number of nitrogens with zero attached hydrogens (tertiary/aromatic N) is 1. The highest BCUT2D eigenvalue weighted by molar-refractivity contribution is 9.10. The summed E-state index contributed by atoms with van der Waals surface area (Å²) in [6, 6.07) is 13.0. The number of halogens is 2. The number of para-hydroxylation sites is 1. The first kappa shape index (κ1) is 13.2. The van der Waals surface area contributed by atoms with Gasteiger partial charge in [-0.3, -0.25) is 4.99 Å². The smallest absolute Gasteiger partial charge is 0.198 e. The lowest BCUT2D eigenvalue weighted by atomic mass is 10.2. The second kappa shape index (κ2) is 5.31. The molecule has 0 amide bonds. The zero-order chi connectivity index (χ0) is 14.1. The van der Waals surface area contributed by atoms with Crippen LogP contribution in [0.3, 0.4) is 0 Å². The first-order chi connectivity index (χ1) is 9.65. The number of aromatic nitrogens is 1. The van der Waals surface area contributed by atoms with Gasteiger partial charge in [0.15, 0.2) is 5.88 Å². The first-order valence-electron chi connectivity index (χ1n) is 5.94. The van der Waals surface area contributed by atoms with E-state index in [9.17, 15) is 5.11 Å². The Bertz CT molecular complexity index is 811. The van der Waals surface area contributed by atoms with Crippen molar-refractivity contribution in [2.75, 3.05) is 0 Å². The first-order valence-corrected chi connectivity index (χ1v) is 7.11. The van der Waals surface area contributed by atoms with Gasteiger partial charge in [0.25, 0.3) is 0 Å². The number of nitrogens with one attached hydrogen (secondary N) is 1. The van der Waals surface area contributed by atoms with E-state index < -0.39 is 0 Å². The number of aromatic hydroxyl groups is 1. The molecule has 0 aliphatic rings. The van der Waals surface area contributed by atoms with Gasteiger partial charge in [-0.2, -0.15) is 0 Å². The number of H-pyrrole nitrogens is 1. The SMILES string of the molecule is Oc1[nH]c2ccc(Br)cc2c1C=Nc1ccccc1Cl. The van der Waals surface area contributed by atoms with E-state index in [-0.39, 0.29) is 5.88 Å². The molecular formula is C15H10BrClN2O. The molecule has 0 fully saturated rings. The summed E-state index contributed by atoms with van der Waals surface area (Å²) in [4.78, 5) is 7.25. The fourth-order valence-corrected chi connectivity index (χ4v) is 2.54. The highest BCUT2D eigenvalue weighted by Crippen LogP contribution is 2.29. The molecule has 0 spiro atoms. The summed E-state index contributed by atoms with van der Waals surface area (Å²) in [5.41, 5.74) is 2.16. The maximum absolute atomic E-state index is 9.98. The Kier molecular flexibility index (Phi) is 3.51. The molecule has 0 saturated carbocycles. The molecule has 1 aromatic heterocycles. The molecule has 0 saturated heterocycles. The van der Waals surface area contributed by atoms with Gasteiger partial charge in [-0.1, -0.05) is 39.7 Å². The van der Waals surface area contributed by atoms with E-state index in [1.54, 1.807) is 12.3 Å². The van der Waals surface area contributed by atoms with Crippen molar-refractivity contribution in [1.82, 2.24) is 4.98 Å². The van der Waals surface area contributed by atoms with Crippen LogP contribution in [0.5, 0.6) is 5.88 Å². The van der Waals surface area contributed by atoms with Crippen molar-refractivity contribution in [1.29, 1.82) is 0 Å². The van der Waals surface area contributed by atoms with Gasteiger partial charge >= 0.3 is 0 Å². The molecule has 20 heavy (non-hydrogen) atoms. The van der Waals surface area contributed by atoms with Gasteiger partial charge in [-0.25, -0.2) is 0 Å². The highest BCUT2D eigenvalue weighted by Gasteiger charge is 2.09. The molecule has 0 aliphatic carbocycles. The van der Waals surface area contributed by atoms with Crippen molar-refractivity contribution >= 4 is 50.3 Å². The monoisotopic (exact) mass is 348 g/mol. The highest BCUT2D eigenvalue weighted by atomic mass is 79.9. The second-order valence-electron chi connectivity index (χ2n) is 4.29.